The van der Waals surface area contributed by atoms with Crippen molar-refractivity contribution in [3.05, 3.63) is 75.9 Å². The summed E-state index contributed by atoms with van der Waals surface area (Å²) < 4.78 is 62.3. The predicted octanol–water partition coefficient (Wildman–Crippen LogP) is 6.35. The molecule has 1 heterocycles. The van der Waals surface area contributed by atoms with Gasteiger partial charge in [-0.15, -0.1) is 0 Å². The molecule has 0 saturated heterocycles. The molecule has 0 saturated carbocycles. The number of ketones is 1. The fraction of sp³-hybridized carbons (Fsp3) is 0.529. The lowest BCUT2D eigenvalue weighted by atomic mass is 9.83. The van der Waals surface area contributed by atoms with Crippen LogP contribution in [0.1, 0.15) is 79.5 Å². The second kappa shape index (κ2) is 15.3. The predicted molar refractivity (Wildman–Crippen MR) is 160 cm³/mol. The van der Waals surface area contributed by atoms with Gasteiger partial charge in [-0.25, -0.2) is 18.0 Å². The van der Waals surface area contributed by atoms with Crippen molar-refractivity contribution in [3.8, 4) is 0 Å². The summed E-state index contributed by atoms with van der Waals surface area (Å²) in [4.78, 5) is 25.1. The van der Waals surface area contributed by atoms with Gasteiger partial charge in [0.15, 0.2) is 5.78 Å². The first-order chi connectivity index (χ1) is 21.0. The maximum atomic E-state index is 15.9. The molecular formula is C34H42F3NO6. The van der Waals surface area contributed by atoms with Crippen molar-refractivity contribution in [3.63, 3.8) is 0 Å². The number of carbonyl (C=O) groups excluding carboxylic acids is 1. The summed E-state index contributed by atoms with van der Waals surface area (Å²) in [5, 5.41) is 8.49. The molecule has 2 atom stereocenters. The van der Waals surface area contributed by atoms with Crippen LogP contribution in [0, 0.1) is 11.6 Å². The van der Waals surface area contributed by atoms with E-state index in [9.17, 15) is 9.59 Å². The van der Waals surface area contributed by atoms with Crippen molar-refractivity contribution >= 4 is 17.3 Å². The summed E-state index contributed by atoms with van der Waals surface area (Å²) in [5.41, 5.74) is 2.42. The van der Waals surface area contributed by atoms with Crippen molar-refractivity contribution in [1.82, 2.24) is 4.90 Å². The minimum Gasteiger partial charge on any atom is -0.480 e. The molecular weight excluding hydrogens is 575 g/mol. The van der Waals surface area contributed by atoms with Crippen LogP contribution >= 0.6 is 0 Å². The Balaban J connectivity index is 1.36. The fourth-order valence-corrected chi connectivity index (χ4v) is 6.08. The van der Waals surface area contributed by atoms with Gasteiger partial charge in [0.2, 0.25) is 0 Å². The summed E-state index contributed by atoms with van der Waals surface area (Å²) in [7, 11) is 0. The first-order valence-corrected chi connectivity index (χ1v) is 15.2. The number of alkyl halides is 1. The third-order valence-corrected chi connectivity index (χ3v) is 7.98. The molecule has 240 valence electrons. The lowest BCUT2D eigenvalue weighted by molar-refractivity contribution is -0.142. The van der Waals surface area contributed by atoms with E-state index in [1.807, 2.05) is 36.1 Å². The molecule has 0 spiro atoms. The van der Waals surface area contributed by atoms with Crippen LogP contribution in [0.4, 0.5) is 13.2 Å². The Morgan fingerprint density at radius 1 is 0.977 bits per heavy atom. The van der Waals surface area contributed by atoms with Crippen molar-refractivity contribution in [2.24, 2.45) is 0 Å². The van der Waals surface area contributed by atoms with Gasteiger partial charge in [0.05, 0.1) is 32.5 Å². The average Bonchev–Trinajstić information content (AvgIpc) is 3.31. The molecule has 0 fully saturated rings. The number of hydrogen-bond acceptors (Lipinski definition) is 6. The molecule has 2 aromatic carbocycles. The van der Waals surface area contributed by atoms with Crippen molar-refractivity contribution in [2.75, 3.05) is 46.2 Å². The maximum Gasteiger partial charge on any atom is 0.329 e. The number of aliphatic carboxylic acids is 1. The Morgan fingerprint density at radius 2 is 1.61 bits per heavy atom. The van der Waals surface area contributed by atoms with Crippen LogP contribution in [0.5, 0.6) is 0 Å². The molecule has 1 N–H and O–H groups in total. The number of fused-ring (bicyclic) bond motifs is 2. The van der Waals surface area contributed by atoms with Crippen LogP contribution in [-0.2, 0) is 25.4 Å². The molecule has 0 amide bonds. The molecule has 44 heavy (non-hydrogen) atoms. The Kier molecular flexibility index (Phi) is 11.8. The summed E-state index contributed by atoms with van der Waals surface area (Å²) in [6, 6.07) is 9.28. The summed E-state index contributed by atoms with van der Waals surface area (Å²) in [6.45, 7) is 6.05. The van der Waals surface area contributed by atoms with Crippen LogP contribution in [0.25, 0.3) is 5.57 Å². The molecule has 0 aromatic heterocycles. The van der Waals surface area contributed by atoms with E-state index in [0.717, 1.165) is 34.4 Å². The lowest BCUT2D eigenvalue weighted by Gasteiger charge is -2.44. The molecule has 1 aliphatic carbocycles. The normalized spacial score (nSPS) is 18.4. The van der Waals surface area contributed by atoms with Gasteiger partial charge in [0, 0.05) is 36.7 Å². The molecule has 0 unspecified atom stereocenters. The Labute approximate surface area is 257 Å². The highest BCUT2D eigenvalue weighted by atomic mass is 19.1. The minimum atomic E-state index is -1.58. The maximum absolute atomic E-state index is 15.9. The van der Waals surface area contributed by atoms with Gasteiger partial charge in [-0.3, -0.25) is 9.69 Å². The largest absolute Gasteiger partial charge is 0.480 e. The molecule has 1 aliphatic heterocycles. The smallest absolute Gasteiger partial charge is 0.329 e. The quantitative estimate of drug-likeness (QED) is 0.164. The van der Waals surface area contributed by atoms with Crippen LogP contribution < -0.4 is 0 Å². The first-order valence-electron chi connectivity index (χ1n) is 15.2. The summed E-state index contributed by atoms with van der Waals surface area (Å²) in [6.07, 6.45) is 2.40. The monoisotopic (exact) mass is 617 g/mol. The zero-order valence-corrected chi connectivity index (χ0v) is 25.7. The zero-order chi connectivity index (χ0) is 31.9. The highest BCUT2D eigenvalue weighted by Crippen LogP contribution is 2.50. The molecule has 2 aliphatic rings. The van der Waals surface area contributed by atoms with E-state index in [-0.39, 0.29) is 55.7 Å². The van der Waals surface area contributed by atoms with E-state index < -0.39 is 29.3 Å². The Bertz CT molecular complexity index is 1330. The standard InChI is InChI=1S/C34H42F3NO6/c1-22-16-26-25-9-5-4-8-23(25)17-27(26)33(38(22)21-34(2,3)37)32-28(35)18-24(19-29(32)36)30(39)10-6-7-11-42-12-13-43-14-15-44-20-31(40)41/h4-5,8-9,18-19,22,33H,6-7,10-17,20-21H2,1-3H3,(H,40,41)/t22-,33+/m1/s1. The van der Waals surface area contributed by atoms with Crippen LogP contribution in [-0.4, -0.2) is 79.7 Å². The summed E-state index contributed by atoms with van der Waals surface area (Å²) in [5.74, 6) is -2.99. The van der Waals surface area contributed by atoms with Gasteiger partial charge in [-0.2, -0.15) is 0 Å². The topological polar surface area (TPSA) is 85.3 Å². The van der Waals surface area contributed by atoms with E-state index in [1.165, 1.54) is 13.8 Å². The van der Waals surface area contributed by atoms with Crippen LogP contribution in [0.15, 0.2) is 42.0 Å². The molecule has 4 rings (SSSR count). The second-order valence-corrected chi connectivity index (χ2v) is 12.1. The third-order valence-electron chi connectivity index (χ3n) is 7.98. The number of Topliss-reactive ketones (excluding diaryl/α,β-unsaturated/α-hetero) is 1. The summed E-state index contributed by atoms with van der Waals surface area (Å²) >= 11 is 0. The van der Waals surface area contributed by atoms with Gasteiger partial charge >= 0.3 is 5.97 Å². The van der Waals surface area contributed by atoms with E-state index in [2.05, 4.69) is 0 Å². The third kappa shape index (κ3) is 8.78. The molecule has 10 heteroatoms. The molecule has 0 bridgehead atoms. The van der Waals surface area contributed by atoms with E-state index >= 15 is 13.2 Å². The zero-order valence-electron chi connectivity index (χ0n) is 25.7. The molecule has 7 nitrogen and oxygen atoms in total. The average molecular weight is 618 g/mol. The number of unbranched alkanes of at least 4 members (excludes halogenated alkanes) is 1. The fourth-order valence-electron chi connectivity index (χ4n) is 6.08. The lowest BCUT2D eigenvalue weighted by Crippen LogP contribution is -2.47. The van der Waals surface area contributed by atoms with E-state index in [1.54, 1.807) is 0 Å². The molecule has 2 aromatic rings. The Hall–Kier alpha value is -3.05. The number of nitrogens with zero attached hydrogens (tertiary/aromatic N) is 1. The molecule has 0 radical (unpaired) electrons. The van der Waals surface area contributed by atoms with Gasteiger partial charge < -0.3 is 19.3 Å². The van der Waals surface area contributed by atoms with Gasteiger partial charge in [-0.1, -0.05) is 24.3 Å². The van der Waals surface area contributed by atoms with Gasteiger partial charge in [0.1, 0.15) is 23.9 Å². The minimum absolute atomic E-state index is 0.0148. The van der Waals surface area contributed by atoms with Gasteiger partial charge in [0.25, 0.3) is 0 Å². The van der Waals surface area contributed by atoms with Crippen molar-refractivity contribution in [2.45, 2.75) is 70.6 Å². The Morgan fingerprint density at radius 3 is 2.27 bits per heavy atom. The van der Waals surface area contributed by atoms with Gasteiger partial charge in [-0.05, 0) is 80.9 Å². The number of rotatable bonds is 17. The highest BCUT2D eigenvalue weighted by Gasteiger charge is 2.43. The number of hydrogen-bond donors (Lipinski definition) is 1. The number of carbonyl (C=O) groups is 2. The van der Waals surface area contributed by atoms with Crippen molar-refractivity contribution in [1.29, 1.82) is 0 Å². The highest BCUT2D eigenvalue weighted by molar-refractivity contribution is 5.96. The number of halogens is 3. The number of ether oxygens (including phenoxy) is 3. The number of benzene rings is 2. The number of carboxylic acids is 1. The van der Waals surface area contributed by atoms with E-state index in [4.69, 9.17) is 19.3 Å². The van der Waals surface area contributed by atoms with Crippen LogP contribution in [0.2, 0.25) is 0 Å². The van der Waals surface area contributed by atoms with Crippen molar-refractivity contribution < 1.29 is 42.1 Å². The SMILES string of the molecule is C[C@@H]1CC2=C(Cc3ccccc32)[C@@H](c2c(F)cc(C(=O)CCCCOCCOCCOCC(=O)O)cc2F)N1CC(C)(C)F. The second-order valence-electron chi connectivity index (χ2n) is 12.1. The number of carboxylic acid groups (broad SMARTS) is 1. The van der Waals surface area contributed by atoms with Crippen LogP contribution in [0.3, 0.4) is 0 Å². The van der Waals surface area contributed by atoms with E-state index in [0.29, 0.717) is 45.5 Å². The first kappa shape index (κ1) is 33.8.